The zero-order valence-electron chi connectivity index (χ0n) is 11.6. The minimum Gasteiger partial charge on any atom is -0.481 e. The molecule has 0 saturated heterocycles. The lowest BCUT2D eigenvalue weighted by molar-refractivity contribution is -0.143. The molecule has 2 aromatic rings. The smallest absolute Gasteiger partial charge is 0.306 e. The fraction of sp³-hybridized carbons (Fsp3) is 0.500. The molecule has 1 aliphatic carbocycles. The molecule has 0 bridgehead atoms. The molecular weight excluding hydrogens is 338 g/mol. The van der Waals surface area contributed by atoms with Crippen LogP contribution in [0.15, 0.2) is 16.7 Å². The van der Waals surface area contributed by atoms with Gasteiger partial charge in [-0.15, -0.1) is 5.10 Å². The zero-order chi connectivity index (χ0) is 15.0. The molecule has 0 amide bonds. The first-order chi connectivity index (χ1) is 10.0. The van der Waals surface area contributed by atoms with Crippen LogP contribution in [-0.2, 0) is 11.8 Å². The molecule has 21 heavy (non-hydrogen) atoms. The van der Waals surface area contributed by atoms with Crippen molar-refractivity contribution in [3.05, 3.63) is 16.7 Å². The van der Waals surface area contributed by atoms with E-state index in [-0.39, 0.29) is 12.0 Å². The number of carboxylic acid groups (broad SMARTS) is 1. The van der Waals surface area contributed by atoms with Crippen molar-refractivity contribution >= 4 is 32.9 Å². The van der Waals surface area contributed by atoms with Crippen LogP contribution in [0.4, 0.5) is 0 Å². The van der Waals surface area contributed by atoms with Gasteiger partial charge in [-0.05, 0) is 53.7 Å². The van der Waals surface area contributed by atoms with Crippen LogP contribution in [0.1, 0.15) is 25.7 Å². The third kappa shape index (κ3) is 2.88. The normalized spacial score (nSPS) is 22.4. The highest BCUT2D eigenvalue weighted by Crippen LogP contribution is 2.30. The van der Waals surface area contributed by atoms with Crippen molar-refractivity contribution in [3.63, 3.8) is 0 Å². The van der Waals surface area contributed by atoms with Gasteiger partial charge in [-0.25, -0.2) is 4.98 Å². The van der Waals surface area contributed by atoms with Gasteiger partial charge >= 0.3 is 5.97 Å². The molecule has 1 fully saturated rings. The molecule has 0 aromatic carbocycles. The number of pyridine rings is 1. The summed E-state index contributed by atoms with van der Waals surface area (Å²) in [7, 11) is 1.85. The van der Waals surface area contributed by atoms with Crippen LogP contribution in [-0.4, -0.2) is 31.9 Å². The summed E-state index contributed by atoms with van der Waals surface area (Å²) < 4.78 is 8.45. The predicted octanol–water partition coefficient (Wildman–Crippen LogP) is 2.75. The van der Waals surface area contributed by atoms with Gasteiger partial charge in [-0.3, -0.25) is 9.48 Å². The lowest BCUT2D eigenvalue weighted by atomic mass is 9.87. The molecule has 3 rings (SSSR count). The van der Waals surface area contributed by atoms with E-state index in [2.05, 4.69) is 26.0 Å². The number of aryl methyl sites for hydroxylation is 1. The maximum Gasteiger partial charge on any atom is 0.306 e. The average molecular weight is 354 g/mol. The van der Waals surface area contributed by atoms with E-state index in [1.54, 1.807) is 4.68 Å². The Kier molecular flexibility index (Phi) is 3.84. The Balaban J connectivity index is 1.77. The monoisotopic (exact) mass is 353 g/mol. The highest BCUT2D eigenvalue weighted by Gasteiger charge is 2.28. The molecule has 0 spiro atoms. The minimum absolute atomic E-state index is 0.0134. The van der Waals surface area contributed by atoms with E-state index in [4.69, 9.17) is 9.84 Å². The van der Waals surface area contributed by atoms with Crippen LogP contribution < -0.4 is 4.74 Å². The minimum atomic E-state index is -0.706. The number of aliphatic carboxylic acids is 1. The van der Waals surface area contributed by atoms with E-state index >= 15 is 0 Å². The molecule has 1 saturated carbocycles. The molecule has 2 heterocycles. The Labute approximate surface area is 130 Å². The summed E-state index contributed by atoms with van der Waals surface area (Å²) in [5.74, 6) is -0.424. The van der Waals surface area contributed by atoms with E-state index < -0.39 is 5.97 Å². The molecule has 7 heteroatoms. The Morgan fingerprint density at radius 3 is 2.76 bits per heavy atom. The fourth-order valence-electron chi connectivity index (χ4n) is 2.75. The average Bonchev–Trinajstić information content (AvgIpc) is 2.75. The topological polar surface area (TPSA) is 77.2 Å². The van der Waals surface area contributed by atoms with Gasteiger partial charge in [0.25, 0.3) is 5.88 Å². The molecule has 0 aliphatic heterocycles. The van der Waals surface area contributed by atoms with Crippen LogP contribution in [0.3, 0.4) is 0 Å². The van der Waals surface area contributed by atoms with Crippen molar-refractivity contribution in [2.24, 2.45) is 13.0 Å². The molecular formula is C14H16BrN3O3. The number of ether oxygens (including phenoxy) is 1. The Bertz CT molecular complexity index is 677. The Morgan fingerprint density at radius 2 is 2.10 bits per heavy atom. The van der Waals surface area contributed by atoms with Crippen LogP contribution >= 0.6 is 15.9 Å². The first-order valence-corrected chi connectivity index (χ1v) is 7.72. The summed E-state index contributed by atoms with van der Waals surface area (Å²) in [6.45, 7) is 0. The molecule has 1 aliphatic rings. The Hall–Kier alpha value is -1.63. The van der Waals surface area contributed by atoms with Gasteiger partial charge in [-0.1, -0.05) is 0 Å². The number of hydrogen-bond acceptors (Lipinski definition) is 4. The van der Waals surface area contributed by atoms with Crippen molar-refractivity contribution in [2.75, 3.05) is 0 Å². The number of hydrogen-bond donors (Lipinski definition) is 1. The van der Waals surface area contributed by atoms with Gasteiger partial charge < -0.3 is 9.84 Å². The summed E-state index contributed by atoms with van der Waals surface area (Å²) in [6.07, 6.45) is 2.80. The number of aromatic nitrogens is 3. The summed E-state index contributed by atoms with van der Waals surface area (Å²) in [5, 5.41) is 13.4. The van der Waals surface area contributed by atoms with Crippen molar-refractivity contribution in [3.8, 4) is 5.88 Å². The lowest BCUT2D eigenvalue weighted by Gasteiger charge is -2.25. The van der Waals surface area contributed by atoms with Gasteiger partial charge in [0.15, 0.2) is 5.52 Å². The first-order valence-electron chi connectivity index (χ1n) is 6.93. The van der Waals surface area contributed by atoms with Crippen molar-refractivity contribution < 1.29 is 14.6 Å². The predicted molar refractivity (Wildman–Crippen MR) is 80.2 cm³/mol. The number of nitrogens with zero attached hydrogens (tertiary/aromatic N) is 3. The first kappa shape index (κ1) is 14.3. The molecule has 112 valence electrons. The van der Waals surface area contributed by atoms with Crippen molar-refractivity contribution in [1.29, 1.82) is 0 Å². The number of carbonyl (C=O) groups is 1. The van der Waals surface area contributed by atoms with Gasteiger partial charge in [0.2, 0.25) is 0 Å². The SMILES string of the molecule is Cn1nc(O[C@H]2CC[C@H](C(=O)O)CC2)c2nc(Br)ccc21. The number of fused-ring (bicyclic) bond motifs is 1. The number of rotatable bonds is 3. The third-order valence-corrected chi connectivity index (χ3v) is 4.38. The molecule has 2 aromatic heterocycles. The van der Waals surface area contributed by atoms with Crippen LogP contribution in [0.5, 0.6) is 5.88 Å². The second-order valence-corrected chi connectivity index (χ2v) is 6.17. The highest BCUT2D eigenvalue weighted by molar-refractivity contribution is 9.10. The number of halogens is 1. The maximum absolute atomic E-state index is 11.0. The second kappa shape index (κ2) is 5.63. The highest BCUT2D eigenvalue weighted by atomic mass is 79.9. The molecule has 1 N–H and O–H groups in total. The van der Waals surface area contributed by atoms with Gasteiger partial charge in [0.05, 0.1) is 11.4 Å². The second-order valence-electron chi connectivity index (χ2n) is 5.36. The van der Waals surface area contributed by atoms with E-state index in [0.29, 0.717) is 18.7 Å². The van der Waals surface area contributed by atoms with Crippen LogP contribution in [0.2, 0.25) is 0 Å². The van der Waals surface area contributed by atoms with E-state index in [1.165, 1.54) is 0 Å². The quantitative estimate of drug-likeness (QED) is 0.858. The van der Waals surface area contributed by atoms with Crippen LogP contribution in [0, 0.1) is 5.92 Å². The van der Waals surface area contributed by atoms with E-state index in [9.17, 15) is 4.79 Å². The van der Waals surface area contributed by atoms with Crippen molar-refractivity contribution in [1.82, 2.24) is 14.8 Å². The van der Waals surface area contributed by atoms with Crippen LogP contribution in [0.25, 0.3) is 11.0 Å². The summed E-state index contributed by atoms with van der Waals surface area (Å²) in [5.41, 5.74) is 1.64. The van der Waals surface area contributed by atoms with E-state index in [0.717, 1.165) is 28.5 Å². The van der Waals surface area contributed by atoms with Gasteiger partial charge in [0, 0.05) is 7.05 Å². The lowest BCUT2D eigenvalue weighted by Crippen LogP contribution is -2.28. The molecule has 0 unspecified atom stereocenters. The fourth-order valence-corrected chi connectivity index (χ4v) is 3.06. The molecule has 0 radical (unpaired) electrons. The van der Waals surface area contributed by atoms with Gasteiger partial charge in [-0.2, -0.15) is 0 Å². The standard InChI is InChI=1S/C14H16BrN3O3/c1-18-10-6-7-11(15)16-12(10)13(17-18)21-9-4-2-8(3-5-9)14(19)20/h6-9H,2-5H2,1H3,(H,19,20)/t8-,9-. The Morgan fingerprint density at radius 1 is 1.38 bits per heavy atom. The maximum atomic E-state index is 11.0. The molecule has 6 nitrogen and oxygen atoms in total. The van der Waals surface area contributed by atoms with Crippen molar-refractivity contribution in [2.45, 2.75) is 31.8 Å². The summed E-state index contributed by atoms with van der Waals surface area (Å²) in [6, 6.07) is 3.81. The zero-order valence-corrected chi connectivity index (χ0v) is 13.2. The van der Waals surface area contributed by atoms with Gasteiger partial charge in [0.1, 0.15) is 10.7 Å². The largest absolute Gasteiger partial charge is 0.481 e. The third-order valence-electron chi connectivity index (χ3n) is 3.93. The van der Waals surface area contributed by atoms with E-state index in [1.807, 2.05) is 19.2 Å². The summed E-state index contributed by atoms with van der Waals surface area (Å²) >= 11 is 3.36. The number of carboxylic acids is 1. The summed E-state index contributed by atoms with van der Waals surface area (Å²) in [4.78, 5) is 15.4. The molecule has 0 atom stereocenters.